The molecule has 3 rings (SSSR count). The molecule has 1 aliphatic carbocycles. The maximum absolute atomic E-state index is 13.1. The SMILES string of the molecule is O=C(C[NH+]1CCCN(S(=O)(=O)c2ccc(F)cc2)CC1)NC(=O)NC1CCCC1. The van der Waals surface area contributed by atoms with Crippen LogP contribution in [0.5, 0.6) is 0 Å². The van der Waals surface area contributed by atoms with E-state index in [1.165, 1.54) is 16.4 Å². The average molecular weight is 428 g/mol. The van der Waals surface area contributed by atoms with Crippen LogP contribution in [0.4, 0.5) is 9.18 Å². The van der Waals surface area contributed by atoms with Gasteiger partial charge in [-0.1, -0.05) is 12.8 Å². The van der Waals surface area contributed by atoms with Crippen LogP contribution in [-0.4, -0.2) is 63.4 Å². The lowest BCUT2D eigenvalue weighted by molar-refractivity contribution is -0.889. The number of sulfonamides is 1. The summed E-state index contributed by atoms with van der Waals surface area (Å²) in [6.07, 6.45) is 4.66. The highest BCUT2D eigenvalue weighted by atomic mass is 32.2. The molecule has 3 amide bonds. The van der Waals surface area contributed by atoms with E-state index in [0.29, 0.717) is 26.1 Å². The lowest BCUT2D eigenvalue weighted by atomic mass is 10.2. The minimum atomic E-state index is -3.70. The van der Waals surface area contributed by atoms with Gasteiger partial charge in [-0.05, 0) is 37.1 Å². The van der Waals surface area contributed by atoms with Crippen LogP contribution < -0.4 is 15.5 Å². The molecule has 0 spiro atoms. The van der Waals surface area contributed by atoms with E-state index >= 15 is 0 Å². The van der Waals surface area contributed by atoms with Gasteiger partial charge >= 0.3 is 6.03 Å². The second-order valence-corrected chi connectivity index (χ2v) is 9.58. The van der Waals surface area contributed by atoms with Crippen molar-refractivity contribution in [1.82, 2.24) is 14.9 Å². The molecule has 2 fully saturated rings. The van der Waals surface area contributed by atoms with Gasteiger partial charge in [0.2, 0.25) is 10.0 Å². The predicted molar refractivity (Wildman–Crippen MR) is 104 cm³/mol. The van der Waals surface area contributed by atoms with Crippen molar-refractivity contribution in [2.45, 2.75) is 43.0 Å². The van der Waals surface area contributed by atoms with E-state index in [1.54, 1.807) is 0 Å². The fourth-order valence-electron chi connectivity index (χ4n) is 3.89. The Morgan fingerprint density at radius 2 is 1.76 bits per heavy atom. The van der Waals surface area contributed by atoms with Crippen molar-refractivity contribution in [2.24, 2.45) is 0 Å². The lowest BCUT2D eigenvalue weighted by Crippen LogP contribution is -3.13. The van der Waals surface area contributed by atoms with Gasteiger partial charge in [0.15, 0.2) is 6.54 Å². The molecule has 1 heterocycles. The summed E-state index contributed by atoms with van der Waals surface area (Å²) in [5, 5.41) is 5.18. The highest BCUT2D eigenvalue weighted by Gasteiger charge is 2.29. The van der Waals surface area contributed by atoms with Crippen LogP contribution >= 0.6 is 0 Å². The van der Waals surface area contributed by atoms with Crippen molar-refractivity contribution >= 4 is 22.0 Å². The second kappa shape index (κ2) is 9.64. The first-order valence-corrected chi connectivity index (χ1v) is 11.5. The van der Waals surface area contributed by atoms with Crippen molar-refractivity contribution in [3.63, 3.8) is 0 Å². The summed E-state index contributed by atoms with van der Waals surface area (Å²) in [5.41, 5.74) is 0. The zero-order valence-electron chi connectivity index (χ0n) is 16.3. The molecule has 29 heavy (non-hydrogen) atoms. The summed E-state index contributed by atoms with van der Waals surface area (Å²) < 4.78 is 40.0. The molecule has 1 unspecified atom stereocenters. The molecule has 1 atom stereocenters. The Morgan fingerprint density at radius 3 is 2.45 bits per heavy atom. The van der Waals surface area contributed by atoms with Crippen LogP contribution in [0.1, 0.15) is 32.1 Å². The van der Waals surface area contributed by atoms with Gasteiger partial charge in [0.05, 0.1) is 24.5 Å². The van der Waals surface area contributed by atoms with Gasteiger partial charge < -0.3 is 10.2 Å². The Morgan fingerprint density at radius 1 is 1.07 bits per heavy atom. The van der Waals surface area contributed by atoms with Crippen molar-refractivity contribution in [3.05, 3.63) is 30.1 Å². The first kappa shape index (κ1) is 21.7. The summed E-state index contributed by atoms with van der Waals surface area (Å²) in [7, 11) is -3.70. The number of hydrogen-bond donors (Lipinski definition) is 3. The number of quaternary nitrogens is 1. The van der Waals surface area contributed by atoms with Crippen molar-refractivity contribution < 1.29 is 27.3 Å². The highest BCUT2D eigenvalue weighted by molar-refractivity contribution is 7.89. The topological polar surface area (TPSA) is 100 Å². The molecule has 2 aliphatic rings. The maximum atomic E-state index is 13.1. The summed E-state index contributed by atoms with van der Waals surface area (Å²) in [6, 6.07) is 4.45. The van der Waals surface area contributed by atoms with Crippen LogP contribution in [0.2, 0.25) is 0 Å². The van der Waals surface area contributed by atoms with E-state index in [0.717, 1.165) is 42.7 Å². The van der Waals surface area contributed by atoms with Gasteiger partial charge in [0.25, 0.3) is 5.91 Å². The average Bonchev–Trinajstić information content (AvgIpc) is 3.05. The van der Waals surface area contributed by atoms with Crippen molar-refractivity contribution in [1.29, 1.82) is 0 Å². The van der Waals surface area contributed by atoms with Crippen LogP contribution in [-0.2, 0) is 14.8 Å². The van der Waals surface area contributed by atoms with Crippen LogP contribution in [0.15, 0.2) is 29.2 Å². The van der Waals surface area contributed by atoms with Gasteiger partial charge in [0, 0.05) is 19.0 Å². The Balaban J connectivity index is 1.49. The Kier molecular flexibility index (Phi) is 7.20. The van der Waals surface area contributed by atoms with Crippen LogP contribution in [0.3, 0.4) is 0 Å². The van der Waals surface area contributed by atoms with E-state index < -0.39 is 21.9 Å². The lowest BCUT2D eigenvalue weighted by Gasteiger charge is -2.20. The number of halogens is 1. The number of nitrogens with one attached hydrogen (secondary N) is 3. The minimum absolute atomic E-state index is 0.0590. The van der Waals surface area contributed by atoms with Gasteiger partial charge in [-0.15, -0.1) is 0 Å². The molecule has 0 bridgehead atoms. The van der Waals surface area contributed by atoms with E-state index in [2.05, 4.69) is 10.6 Å². The van der Waals surface area contributed by atoms with E-state index in [9.17, 15) is 22.4 Å². The number of carbonyl (C=O) groups is 2. The number of urea groups is 1. The normalized spacial score (nSPS) is 21.5. The summed E-state index contributed by atoms with van der Waals surface area (Å²) in [5.74, 6) is -0.858. The molecular weight excluding hydrogens is 399 g/mol. The van der Waals surface area contributed by atoms with Gasteiger partial charge in [-0.3, -0.25) is 10.1 Å². The van der Waals surface area contributed by atoms with Crippen LogP contribution in [0.25, 0.3) is 0 Å². The van der Waals surface area contributed by atoms with E-state index in [4.69, 9.17) is 0 Å². The Bertz CT molecular complexity index is 825. The van der Waals surface area contributed by atoms with Gasteiger partial charge in [-0.25, -0.2) is 17.6 Å². The quantitative estimate of drug-likeness (QED) is 0.610. The molecule has 1 aromatic carbocycles. The van der Waals surface area contributed by atoms with Gasteiger partial charge in [0.1, 0.15) is 5.82 Å². The smallest absolute Gasteiger partial charge is 0.321 e. The van der Waals surface area contributed by atoms with Crippen molar-refractivity contribution in [3.8, 4) is 0 Å². The molecule has 1 aliphatic heterocycles. The van der Waals surface area contributed by atoms with Crippen LogP contribution in [0, 0.1) is 5.82 Å². The third-order valence-electron chi connectivity index (χ3n) is 5.46. The molecule has 1 aromatic rings. The summed E-state index contributed by atoms with van der Waals surface area (Å²) >= 11 is 0. The predicted octanol–water partition coefficient (Wildman–Crippen LogP) is -0.127. The second-order valence-electron chi connectivity index (χ2n) is 7.64. The Labute approximate surface area is 170 Å². The third kappa shape index (κ3) is 5.97. The summed E-state index contributed by atoms with van der Waals surface area (Å²) in [6.45, 7) is 1.80. The number of nitrogens with zero attached hydrogens (tertiary/aromatic N) is 1. The number of rotatable bonds is 5. The van der Waals surface area contributed by atoms with E-state index in [1.807, 2.05) is 0 Å². The number of imide groups is 1. The molecule has 1 saturated heterocycles. The zero-order chi connectivity index (χ0) is 20.9. The summed E-state index contributed by atoms with van der Waals surface area (Å²) in [4.78, 5) is 25.1. The first-order valence-electron chi connectivity index (χ1n) is 10.0. The molecule has 0 radical (unpaired) electrons. The zero-order valence-corrected chi connectivity index (χ0v) is 17.1. The highest BCUT2D eigenvalue weighted by Crippen LogP contribution is 2.17. The maximum Gasteiger partial charge on any atom is 0.321 e. The largest absolute Gasteiger partial charge is 0.335 e. The first-order chi connectivity index (χ1) is 13.8. The van der Waals surface area contributed by atoms with E-state index in [-0.39, 0.29) is 29.9 Å². The number of amides is 3. The van der Waals surface area contributed by atoms with Crippen molar-refractivity contribution in [2.75, 3.05) is 32.7 Å². The molecule has 3 N–H and O–H groups in total. The molecule has 10 heteroatoms. The fraction of sp³-hybridized carbons (Fsp3) is 0.579. The fourth-order valence-corrected chi connectivity index (χ4v) is 5.37. The molecular formula is C19H28FN4O4S+. The Hall–Kier alpha value is -2.04. The van der Waals surface area contributed by atoms with Gasteiger partial charge in [-0.2, -0.15) is 4.31 Å². The monoisotopic (exact) mass is 427 g/mol. The number of hydrogen-bond acceptors (Lipinski definition) is 4. The number of carbonyl (C=O) groups excluding carboxylic acids is 2. The standard InChI is InChI=1S/C19H27FN4O4S/c20-15-6-8-17(9-7-15)29(27,28)24-11-3-10-23(12-13-24)14-18(25)22-19(26)21-16-4-1-2-5-16/h6-9,16H,1-5,10-14H2,(H2,21,22,25,26)/p+1. The molecule has 0 aromatic heterocycles. The molecule has 1 saturated carbocycles. The minimum Gasteiger partial charge on any atom is -0.335 e. The third-order valence-corrected chi connectivity index (χ3v) is 7.37. The number of benzene rings is 1. The molecule has 160 valence electrons. The molecule has 8 nitrogen and oxygen atoms in total.